The van der Waals surface area contributed by atoms with Gasteiger partial charge in [0.05, 0.1) is 0 Å². The Labute approximate surface area is 95.7 Å². The van der Waals surface area contributed by atoms with Gasteiger partial charge < -0.3 is 0 Å². The number of rotatable bonds is 3. The highest BCUT2D eigenvalue weighted by Gasteiger charge is 2.66. The minimum absolute atomic E-state index is 1.98. The monoisotopic (exact) mass is 318 g/mol. The Balaban J connectivity index is 5.27. The summed E-state index contributed by atoms with van der Waals surface area (Å²) in [7, 11) is 0. The Bertz CT molecular complexity index is 283. The lowest BCUT2D eigenvalue weighted by atomic mass is 10.3. The highest BCUT2D eigenvalue weighted by Crippen LogP contribution is 2.43. The third-order valence-corrected chi connectivity index (χ3v) is 1.45. The van der Waals surface area contributed by atoms with E-state index in [9.17, 15) is 52.7 Å². The van der Waals surface area contributed by atoms with Gasteiger partial charge in [-0.05, 0) is 0 Å². The van der Waals surface area contributed by atoms with Gasteiger partial charge in [0, 0.05) is 0 Å². The fourth-order valence-electron chi connectivity index (χ4n) is 0.727. The average molecular weight is 318 g/mol. The Morgan fingerprint density at radius 1 is 0.579 bits per heavy atom. The molecule has 0 aliphatic rings. The zero-order valence-corrected chi connectivity index (χ0v) is 8.10. The van der Waals surface area contributed by atoms with Crippen LogP contribution in [-0.4, -0.2) is 36.9 Å². The van der Waals surface area contributed by atoms with Crippen molar-refractivity contribution in [1.29, 1.82) is 0 Å². The van der Waals surface area contributed by atoms with E-state index in [0.717, 1.165) is 0 Å². The maximum Gasteiger partial charge on any atom is 0.428 e. The summed E-state index contributed by atoms with van der Waals surface area (Å²) in [5.74, 6) is 0. The first-order chi connectivity index (χ1) is 7.99. The van der Waals surface area contributed by atoms with E-state index in [4.69, 9.17) is 0 Å². The van der Waals surface area contributed by atoms with Crippen molar-refractivity contribution in [2.45, 2.75) is 36.9 Å². The summed E-state index contributed by atoms with van der Waals surface area (Å²) in [5.41, 5.74) is 0. The van der Waals surface area contributed by atoms with Gasteiger partial charge in [-0.15, -0.1) is 0 Å². The van der Waals surface area contributed by atoms with Crippen molar-refractivity contribution >= 4 is 0 Å². The molecule has 0 aliphatic carbocycles. The average Bonchev–Trinajstić information content (AvgIpc) is 2.08. The topological polar surface area (TPSA) is 9.23 Å². The molecule has 0 saturated carbocycles. The molecule has 0 aromatic heterocycles. The van der Waals surface area contributed by atoms with Crippen molar-refractivity contribution < 1.29 is 57.4 Å². The molecular weight excluding hydrogens is 316 g/mol. The lowest BCUT2D eigenvalue weighted by molar-refractivity contribution is -0.416. The standard InChI is InChI=1S/C6H2F12O/c7-1(3(8,9)10)6(17,18)19-2(4(11,12)13)5(14,15)16/h1-2H/t1-/m1/s1. The SMILES string of the molecule is F[C@H](C(F)(F)F)C(F)(F)OC(C(F)(F)F)C(F)(F)F. The molecule has 0 unspecified atom stereocenters. The second-order valence-electron chi connectivity index (χ2n) is 3.05. The molecule has 0 amide bonds. The first kappa shape index (κ1) is 18.1. The van der Waals surface area contributed by atoms with Crippen LogP contribution in [0.15, 0.2) is 0 Å². The van der Waals surface area contributed by atoms with E-state index < -0.39 is 36.9 Å². The number of halogens is 12. The van der Waals surface area contributed by atoms with Gasteiger partial charge in [0.1, 0.15) is 0 Å². The van der Waals surface area contributed by atoms with Crippen LogP contribution in [0.4, 0.5) is 52.7 Å². The predicted octanol–water partition coefficient (Wildman–Crippen LogP) is 3.99. The highest BCUT2D eigenvalue weighted by molar-refractivity contribution is 4.82. The van der Waals surface area contributed by atoms with Crippen LogP contribution >= 0.6 is 0 Å². The molecular formula is C6H2F12O. The van der Waals surface area contributed by atoms with Crippen molar-refractivity contribution in [3.63, 3.8) is 0 Å². The number of hydrogen-bond donors (Lipinski definition) is 0. The summed E-state index contributed by atoms with van der Waals surface area (Å²) in [6.07, 6.45) is -36.3. The van der Waals surface area contributed by atoms with Crippen molar-refractivity contribution in [3.8, 4) is 0 Å². The van der Waals surface area contributed by atoms with Crippen LogP contribution in [0.5, 0.6) is 0 Å². The van der Waals surface area contributed by atoms with Crippen LogP contribution in [0.3, 0.4) is 0 Å². The third-order valence-electron chi connectivity index (χ3n) is 1.45. The number of hydrogen-bond acceptors (Lipinski definition) is 1. The molecule has 0 radical (unpaired) electrons. The molecule has 0 heterocycles. The van der Waals surface area contributed by atoms with Gasteiger partial charge >= 0.3 is 24.6 Å². The van der Waals surface area contributed by atoms with Crippen LogP contribution in [0, 0.1) is 0 Å². The molecule has 0 fully saturated rings. The van der Waals surface area contributed by atoms with E-state index in [1.165, 1.54) is 0 Å². The summed E-state index contributed by atoms with van der Waals surface area (Å²) in [6, 6.07) is 0. The molecule has 0 spiro atoms. The van der Waals surface area contributed by atoms with Crippen molar-refractivity contribution in [2.75, 3.05) is 0 Å². The molecule has 13 heteroatoms. The molecule has 0 bridgehead atoms. The minimum Gasteiger partial charge on any atom is -0.295 e. The lowest BCUT2D eigenvalue weighted by Gasteiger charge is -2.29. The summed E-state index contributed by atoms with van der Waals surface area (Å²) < 4.78 is 143. The summed E-state index contributed by atoms with van der Waals surface area (Å²) in [4.78, 5) is 0. The molecule has 0 aromatic rings. The molecule has 19 heavy (non-hydrogen) atoms. The molecule has 0 N–H and O–H groups in total. The van der Waals surface area contributed by atoms with Gasteiger partial charge in [0.2, 0.25) is 0 Å². The van der Waals surface area contributed by atoms with Crippen molar-refractivity contribution in [2.24, 2.45) is 0 Å². The molecule has 116 valence electrons. The Morgan fingerprint density at radius 3 is 1.11 bits per heavy atom. The van der Waals surface area contributed by atoms with E-state index >= 15 is 0 Å². The number of alkyl halides is 12. The van der Waals surface area contributed by atoms with E-state index in [1.54, 1.807) is 0 Å². The molecule has 1 atom stereocenters. The third kappa shape index (κ3) is 4.95. The zero-order chi connectivity index (χ0) is 15.9. The summed E-state index contributed by atoms with van der Waals surface area (Å²) >= 11 is 0. The minimum atomic E-state index is -6.49. The van der Waals surface area contributed by atoms with E-state index in [1.807, 2.05) is 4.74 Å². The first-order valence-corrected chi connectivity index (χ1v) is 3.89. The van der Waals surface area contributed by atoms with Crippen LogP contribution in [-0.2, 0) is 4.74 Å². The Morgan fingerprint density at radius 2 is 0.895 bits per heavy atom. The fraction of sp³-hybridized carbons (Fsp3) is 1.00. The smallest absolute Gasteiger partial charge is 0.295 e. The fourth-order valence-corrected chi connectivity index (χ4v) is 0.727. The van der Waals surface area contributed by atoms with Crippen LogP contribution < -0.4 is 0 Å². The first-order valence-electron chi connectivity index (χ1n) is 3.89. The van der Waals surface area contributed by atoms with E-state index in [2.05, 4.69) is 0 Å². The van der Waals surface area contributed by atoms with E-state index in [-0.39, 0.29) is 0 Å². The summed E-state index contributed by atoms with van der Waals surface area (Å²) in [6.45, 7) is 0. The Hall–Kier alpha value is -0.880. The maximum absolute atomic E-state index is 12.3. The summed E-state index contributed by atoms with van der Waals surface area (Å²) in [5, 5.41) is 0. The maximum atomic E-state index is 12.3. The number of ether oxygens (including phenoxy) is 1. The highest BCUT2D eigenvalue weighted by atomic mass is 19.4. The van der Waals surface area contributed by atoms with Crippen LogP contribution in [0.1, 0.15) is 0 Å². The molecule has 0 saturated heterocycles. The largest absolute Gasteiger partial charge is 0.428 e. The molecule has 0 aromatic carbocycles. The Kier molecular flexibility index (Phi) is 4.68. The van der Waals surface area contributed by atoms with Crippen molar-refractivity contribution in [1.82, 2.24) is 0 Å². The van der Waals surface area contributed by atoms with Crippen LogP contribution in [0.25, 0.3) is 0 Å². The van der Waals surface area contributed by atoms with Gasteiger partial charge in [-0.2, -0.15) is 48.3 Å². The lowest BCUT2D eigenvalue weighted by Crippen LogP contribution is -2.53. The second-order valence-corrected chi connectivity index (χ2v) is 3.05. The van der Waals surface area contributed by atoms with Crippen LogP contribution in [0.2, 0.25) is 0 Å². The van der Waals surface area contributed by atoms with Gasteiger partial charge in [-0.3, -0.25) is 4.74 Å². The molecule has 0 aliphatic heterocycles. The van der Waals surface area contributed by atoms with Gasteiger partial charge in [-0.25, -0.2) is 4.39 Å². The van der Waals surface area contributed by atoms with Gasteiger partial charge in [-0.1, -0.05) is 0 Å². The van der Waals surface area contributed by atoms with Gasteiger partial charge in [0.15, 0.2) is 0 Å². The molecule has 1 nitrogen and oxygen atoms in total. The van der Waals surface area contributed by atoms with E-state index in [0.29, 0.717) is 0 Å². The van der Waals surface area contributed by atoms with Crippen molar-refractivity contribution in [3.05, 3.63) is 0 Å². The van der Waals surface area contributed by atoms with Gasteiger partial charge in [0.25, 0.3) is 12.3 Å². The molecule has 0 rings (SSSR count). The predicted molar refractivity (Wildman–Crippen MR) is 32.9 cm³/mol. The quantitative estimate of drug-likeness (QED) is 0.715. The normalized spacial score (nSPS) is 16.9. The second kappa shape index (κ2) is 4.90. The zero-order valence-electron chi connectivity index (χ0n) is 8.10.